The number of hydrogen-bond donors (Lipinski definition) is 2. The van der Waals surface area contributed by atoms with Crippen molar-refractivity contribution in [2.45, 2.75) is 45.7 Å². The summed E-state index contributed by atoms with van der Waals surface area (Å²) in [5, 5.41) is 11.8. The Morgan fingerprint density at radius 2 is 2.00 bits per heavy atom. The van der Waals surface area contributed by atoms with E-state index >= 15 is 0 Å². The zero-order valence-electron chi connectivity index (χ0n) is 12.9. The Morgan fingerprint density at radius 1 is 1.35 bits per heavy atom. The Labute approximate surface area is 121 Å². The molecule has 1 aliphatic heterocycles. The average molecular weight is 285 g/mol. The van der Waals surface area contributed by atoms with Gasteiger partial charge in [0.15, 0.2) is 0 Å². The van der Waals surface area contributed by atoms with Crippen molar-refractivity contribution in [3.8, 4) is 0 Å². The number of likely N-dealkylation sites (N-methyl/N-ethyl adjacent to an activating group) is 1. The molecular formula is C14H27N3O3. The summed E-state index contributed by atoms with van der Waals surface area (Å²) in [5.74, 6) is -0.779. The molecule has 0 bridgehead atoms. The van der Waals surface area contributed by atoms with Crippen LogP contribution >= 0.6 is 0 Å². The van der Waals surface area contributed by atoms with Gasteiger partial charge in [-0.3, -0.25) is 9.69 Å². The predicted octanol–water partition coefficient (Wildman–Crippen LogP) is 1.22. The number of rotatable bonds is 5. The lowest BCUT2D eigenvalue weighted by Crippen LogP contribution is -2.57. The minimum Gasteiger partial charge on any atom is -0.481 e. The Hall–Kier alpha value is -1.30. The molecule has 116 valence electrons. The minimum absolute atomic E-state index is 0.0334. The molecule has 1 aliphatic rings. The molecule has 0 aromatic rings. The molecule has 2 unspecified atom stereocenters. The van der Waals surface area contributed by atoms with Gasteiger partial charge in [-0.2, -0.15) is 0 Å². The van der Waals surface area contributed by atoms with E-state index in [1.165, 1.54) is 0 Å². The van der Waals surface area contributed by atoms with E-state index < -0.39 is 5.97 Å². The first kappa shape index (κ1) is 16.8. The molecular weight excluding hydrogens is 258 g/mol. The maximum absolute atomic E-state index is 12.3. The van der Waals surface area contributed by atoms with Crippen LogP contribution in [0.15, 0.2) is 0 Å². The first-order valence-corrected chi connectivity index (χ1v) is 7.32. The van der Waals surface area contributed by atoms with Crippen molar-refractivity contribution in [1.82, 2.24) is 15.1 Å². The van der Waals surface area contributed by atoms with E-state index in [9.17, 15) is 9.59 Å². The number of carboxylic acid groups (broad SMARTS) is 1. The van der Waals surface area contributed by atoms with E-state index in [1.54, 1.807) is 4.90 Å². The van der Waals surface area contributed by atoms with Gasteiger partial charge < -0.3 is 15.3 Å². The molecule has 6 heteroatoms. The number of piperazine rings is 1. The van der Waals surface area contributed by atoms with Crippen molar-refractivity contribution in [2.24, 2.45) is 5.92 Å². The average Bonchev–Trinajstić information content (AvgIpc) is 2.37. The second-order valence-electron chi connectivity index (χ2n) is 5.89. The second-order valence-corrected chi connectivity index (χ2v) is 5.89. The number of nitrogens with zero attached hydrogens (tertiary/aromatic N) is 2. The summed E-state index contributed by atoms with van der Waals surface area (Å²) < 4.78 is 0. The molecule has 0 spiro atoms. The van der Waals surface area contributed by atoms with Crippen molar-refractivity contribution in [1.29, 1.82) is 0 Å². The third kappa shape index (κ3) is 4.67. The van der Waals surface area contributed by atoms with E-state index in [4.69, 9.17) is 5.11 Å². The smallest absolute Gasteiger partial charge is 0.317 e. The number of hydrogen-bond acceptors (Lipinski definition) is 3. The van der Waals surface area contributed by atoms with Gasteiger partial charge in [-0.05, 0) is 19.4 Å². The Balaban J connectivity index is 2.58. The van der Waals surface area contributed by atoms with Gasteiger partial charge in [-0.15, -0.1) is 0 Å². The highest BCUT2D eigenvalue weighted by Gasteiger charge is 2.28. The monoisotopic (exact) mass is 285 g/mol. The molecule has 0 radical (unpaired) electrons. The third-order valence-electron chi connectivity index (χ3n) is 4.04. The van der Waals surface area contributed by atoms with E-state index in [1.807, 2.05) is 13.8 Å². The van der Waals surface area contributed by atoms with Crippen LogP contribution in [0.2, 0.25) is 0 Å². The number of carboxylic acids is 1. The number of nitrogens with one attached hydrogen (secondary N) is 1. The van der Waals surface area contributed by atoms with E-state index in [0.29, 0.717) is 19.1 Å². The molecule has 0 aromatic heterocycles. The lowest BCUT2D eigenvalue weighted by atomic mass is 10.0. The van der Waals surface area contributed by atoms with Gasteiger partial charge in [-0.1, -0.05) is 20.8 Å². The largest absolute Gasteiger partial charge is 0.481 e. The lowest BCUT2D eigenvalue weighted by molar-refractivity contribution is -0.137. The Bertz CT molecular complexity index is 347. The molecule has 0 saturated carbocycles. The summed E-state index contributed by atoms with van der Waals surface area (Å²) in [4.78, 5) is 27.2. The minimum atomic E-state index is -0.881. The topological polar surface area (TPSA) is 72.9 Å². The van der Waals surface area contributed by atoms with Crippen molar-refractivity contribution in [2.75, 3.05) is 26.7 Å². The SMILES string of the molecule is CCC1CN(C(=O)NC(CC(=O)O)C(C)C)CCN1C. The van der Waals surface area contributed by atoms with Crippen LogP contribution in [-0.2, 0) is 4.79 Å². The van der Waals surface area contributed by atoms with Crippen LogP contribution in [0.1, 0.15) is 33.6 Å². The molecule has 2 N–H and O–H groups in total. The number of urea groups is 1. The summed E-state index contributed by atoms with van der Waals surface area (Å²) in [6.45, 7) is 8.22. The molecule has 0 aromatic carbocycles. The molecule has 6 nitrogen and oxygen atoms in total. The molecule has 20 heavy (non-hydrogen) atoms. The predicted molar refractivity (Wildman–Crippen MR) is 77.7 cm³/mol. The Morgan fingerprint density at radius 3 is 2.50 bits per heavy atom. The van der Waals surface area contributed by atoms with Gasteiger partial charge in [0.2, 0.25) is 0 Å². The quantitative estimate of drug-likeness (QED) is 0.796. The van der Waals surface area contributed by atoms with Gasteiger partial charge in [0.05, 0.1) is 6.42 Å². The normalized spacial score (nSPS) is 21.9. The van der Waals surface area contributed by atoms with Crippen LogP contribution in [0.4, 0.5) is 4.79 Å². The highest BCUT2D eigenvalue weighted by Crippen LogP contribution is 2.12. The zero-order valence-corrected chi connectivity index (χ0v) is 12.9. The summed E-state index contributed by atoms with van der Waals surface area (Å²) in [6.07, 6.45) is 0.970. The Kier molecular flexibility index (Phi) is 6.26. The highest BCUT2D eigenvalue weighted by atomic mass is 16.4. The summed E-state index contributed by atoms with van der Waals surface area (Å²) in [6, 6.07) is -0.0808. The molecule has 1 rings (SSSR count). The number of carbonyl (C=O) groups is 2. The van der Waals surface area contributed by atoms with E-state index in [-0.39, 0.29) is 24.4 Å². The van der Waals surface area contributed by atoms with Crippen LogP contribution < -0.4 is 5.32 Å². The van der Waals surface area contributed by atoms with Crippen molar-refractivity contribution in [3.63, 3.8) is 0 Å². The fourth-order valence-electron chi connectivity index (χ4n) is 2.46. The standard InChI is InChI=1S/C14H27N3O3/c1-5-11-9-17(7-6-16(11)4)14(20)15-12(10(2)3)8-13(18)19/h10-12H,5-9H2,1-4H3,(H,15,20)(H,18,19). The number of aliphatic carboxylic acids is 1. The lowest BCUT2D eigenvalue weighted by Gasteiger charge is -2.39. The molecule has 2 atom stereocenters. The van der Waals surface area contributed by atoms with E-state index in [2.05, 4.69) is 24.2 Å². The summed E-state index contributed by atoms with van der Waals surface area (Å²) >= 11 is 0. The van der Waals surface area contributed by atoms with Crippen molar-refractivity contribution in [3.05, 3.63) is 0 Å². The van der Waals surface area contributed by atoms with Gasteiger partial charge in [0, 0.05) is 31.7 Å². The van der Waals surface area contributed by atoms with Crippen LogP contribution in [0.3, 0.4) is 0 Å². The van der Waals surface area contributed by atoms with Gasteiger partial charge in [0.1, 0.15) is 0 Å². The number of carbonyl (C=O) groups excluding carboxylic acids is 1. The maximum Gasteiger partial charge on any atom is 0.317 e. The van der Waals surface area contributed by atoms with Crippen LogP contribution in [0.5, 0.6) is 0 Å². The first-order valence-electron chi connectivity index (χ1n) is 7.32. The summed E-state index contributed by atoms with van der Waals surface area (Å²) in [5.41, 5.74) is 0. The zero-order chi connectivity index (χ0) is 15.3. The molecule has 2 amide bonds. The number of amides is 2. The molecule has 1 fully saturated rings. The molecule has 1 heterocycles. The summed E-state index contributed by atoms with van der Waals surface area (Å²) in [7, 11) is 2.07. The fourth-order valence-corrected chi connectivity index (χ4v) is 2.46. The van der Waals surface area contributed by atoms with Crippen LogP contribution in [-0.4, -0.2) is 65.7 Å². The van der Waals surface area contributed by atoms with Crippen molar-refractivity contribution < 1.29 is 14.7 Å². The van der Waals surface area contributed by atoms with Crippen molar-refractivity contribution >= 4 is 12.0 Å². The first-order chi connectivity index (χ1) is 9.35. The van der Waals surface area contributed by atoms with E-state index in [0.717, 1.165) is 13.0 Å². The highest BCUT2D eigenvalue weighted by molar-refractivity contribution is 5.76. The van der Waals surface area contributed by atoms with Crippen LogP contribution in [0, 0.1) is 5.92 Å². The van der Waals surface area contributed by atoms with Gasteiger partial charge in [-0.25, -0.2) is 4.79 Å². The fraction of sp³-hybridized carbons (Fsp3) is 0.857. The molecule has 1 saturated heterocycles. The third-order valence-corrected chi connectivity index (χ3v) is 4.04. The van der Waals surface area contributed by atoms with Gasteiger partial charge >= 0.3 is 12.0 Å². The van der Waals surface area contributed by atoms with Gasteiger partial charge in [0.25, 0.3) is 0 Å². The molecule has 0 aliphatic carbocycles. The van der Waals surface area contributed by atoms with Crippen LogP contribution in [0.25, 0.3) is 0 Å². The second kappa shape index (κ2) is 7.47. The maximum atomic E-state index is 12.3.